The Balaban J connectivity index is 1.58. The number of fused-ring (bicyclic) bond motifs is 2. The number of rotatable bonds is 7. The van der Waals surface area contributed by atoms with Gasteiger partial charge in [0.2, 0.25) is 11.6 Å². The van der Waals surface area contributed by atoms with Gasteiger partial charge in [-0.2, -0.15) is 8.78 Å². The van der Waals surface area contributed by atoms with Gasteiger partial charge in [-0.1, -0.05) is 31.9 Å². The van der Waals surface area contributed by atoms with E-state index >= 15 is 0 Å². The van der Waals surface area contributed by atoms with Crippen molar-refractivity contribution in [2.45, 2.75) is 58.5 Å². The van der Waals surface area contributed by atoms with Gasteiger partial charge in [-0.25, -0.2) is 4.39 Å². The lowest BCUT2D eigenvalue weighted by Gasteiger charge is -2.27. The minimum atomic E-state index is -1.11. The summed E-state index contributed by atoms with van der Waals surface area (Å²) in [6.45, 7) is 4.61. The molecule has 2 aliphatic heterocycles. The predicted octanol–water partition coefficient (Wildman–Crippen LogP) is 7.17. The maximum Gasteiger partial charge on any atom is 0.207 e. The summed E-state index contributed by atoms with van der Waals surface area (Å²) in [5.74, 6) is -3.17. The molecule has 2 aromatic carbocycles. The van der Waals surface area contributed by atoms with Crippen LogP contribution < -0.4 is 9.47 Å². The highest BCUT2D eigenvalue weighted by molar-refractivity contribution is 5.55. The Bertz CT molecular complexity index is 1000. The number of unbranched alkanes of at least 4 members (excludes halogenated alkanes) is 2. The fourth-order valence-electron chi connectivity index (χ4n) is 4.16. The lowest BCUT2D eigenvalue weighted by molar-refractivity contribution is 0.0565. The van der Waals surface area contributed by atoms with Crippen molar-refractivity contribution in [3.05, 3.63) is 64.0 Å². The quantitative estimate of drug-likeness (QED) is 0.293. The fourth-order valence-corrected chi connectivity index (χ4v) is 4.16. The Hall–Kier alpha value is -2.47. The third-order valence-electron chi connectivity index (χ3n) is 5.83. The first-order valence-electron chi connectivity index (χ1n) is 11.0. The van der Waals surface area contributed by atoms with E-state index in [0.717, 1.165) is 19.3 Å². The van der Waals surface area contributed by atoms with Crippen LogP contribution in [0.4, 0.5) is 13.2 Å². The molecule has 0 amide bonds. The molecule has 0 spiro atoms. The Kier molecular flexibility index (Phi) is 6.56. The van der Waals surface area contributed by atoms with Crippen LogP contribution in [-0.2, 0) is 11.2 Å². The zero-order valence-corrected chi connectivity index (χ0v) is 17.9. The first-order valence-corrected chi connectivity index (χ1v) is 11.0. The molecule has 31 heavy (non-hydrogen) atoms. The first kappa shape index (κ1) is 21.8. The van der Waals surface area contributed by atoms with E-state index in [1.54, 1.807) is 19.1 Å². The van der Waals surface area contributed by atoms with Crippen molar-refractivity contribution in [1.29, 1.82) is 0 Å². The molecule has 0 bridgehead atoms. The highest BCUT2D eigenvalue weighted by Gasteiger charge is 2.31. The molecule has 0 saturated heterocycles. The van der Waals surface area contributed by atoms with E-state index < -0.39 is 23.6 Å². The summed E-state index contributed by atoms with van der Waals surface area (Å²) in [5.41, 5.74) is 2.43. The summed E-state index contributed by atoms with van der Waals surface area (Å²) in [5, 5.41) is 0. The molecular formula is C25H27F3O3. The Morgan fingerprint density at radius 3 is 2.52 bits per heavy atom. The molecule has 4 rings (SSSR count). The number of benzene rings is 2. The number of hydrogen-bond donors (Lipinski definition) is 0. The maximum absolute atomic E-state index is 14.9. The highest BCUT2D eigenvalue weighted by Crippen LogP contribution is 2.45. The van der Waals surface area contributed by atoms with Gasteiger partial charge < -0.3 is 14.2 Å². The molecule has 2 aliphatic rings. The number of ether oxygens (including phenoxy) is 3. The molecule has 0 fully saturated rings. The van der Waals surface area contributed by atoms with Crippen LogP contribution in [0.3, 0.4) is 0 Å². The molecule has 3 nitrogen and oxygen atoms in total. The second-order valence-electron chi connectivity index (χ2n) is 8.01. The number of halogens is 3. The minimum Gasteiger partial charge on any atom is -0.491 e. The minimum absolute atomic E-state index is 0.0272. The largest absolute Gasteiger partial charge is 0.491 e. The Morgan fingerprint density at radius 1 is 1.00 bits per heavy atom. The Morgan fingerprint density at radius 2 is 1.81 bits per heavy atom. The van der Waals surface area contributed by atoms with E-state index in [9.17, 15) is 13.2 Å². The molecule has 2 heterocycles. The van der Waals surface area contributed by atoms with Crippen molar-refractivity contribution in [2.75, 3.05) is 13.2 Å². The van der Waals surface area contributed by atoms with Crippen LogP contribution >= 0.6 is 0 Å². The van der Waals surface area contributed by atoms with Gasteiger partial charge in [0, 0.05) is 23.1 Å². The molecular weight excluding hydrogens is 405 g/mol. The van der Waals surface area contributed by atoms with Gasteiger partial charge >= 0.3 is 0 Å². The van der Waals surface area contributed by atoms with Gasteiger partial charge in [-0.3, -0.25) is 0 Å². The third kappa shape index (κ3) is 4.31. The molecule has 1 unspecified atom stereocenters. The average molecular weight is 432 g/mol. The zero-order chi connectivity index (χ0) is 22.0. The first-order chi connectivity index (χ1) is 15.0. The average Bonchev–Trinajstić information content (AvgIpc) is 2.78. The molecule has 2 aromatic rings. The van der Waals surface area contributed by atoms with Crippen molar-refractivity contribution in [3.8, 4) is 17.2 Å². The zero-order valence-electron chi connectivity index (χ0n) is 17.9. The van der Waals surface area contributed by atoms with Crippen LogP contribution in [0.25, 0.3) is 0 Å². The summed E-state index contributed by atoms with van der Waals surface area (Å²) in [6, 6.07) is 4.81. The van der Waals surface area contributed by atoms with Gasteiger partial charge in [0.25, 0.3) is 0 Å². The van der Waals surface area contributed by atoms with Crippen LogP contribution in [0.5, 0.6) is 17.2 Å². The van der Waals surface area contributed by atoms with Gasteiger partial charge in [0.15, 0.2) is 23.1 Å². The van der Waals surface area contributed by atoms with E-state index in [1.165, 1.54) is 18.1 Å². The van der Waals surface area contributed by atoms with E-state index in [0.29, 0.717) is 24.2 Å². The van der Waals surface area contributed by atoms with E-state index in [1.807, 2.05) is 0 Å². The second kappa shape index (κ2) is 9.35. The summed E-state index contributed by atoms with van der Waals surface area (Å²) < 4.78 is 61.2. The molecule has 166 valence electrons. The molecule has 6 heteroatoms. The van der Waals surface area contributed by atoms with Crippen LogP contribution in [0.2, 0.25) is 0 Å². The van der Waals surface area contributed by atoms with Crippen LogP contribution in [0, 0.1) is 17.5 Å². The molecule has 0 N–H and O–H groups in total. The lowest BCUT2D eigenvalue weighted by Crippen LogP contribution is -2.16. The van der Waals surface area contributed by atoms with Crippen molar-refractivity contribution in [3.63, 3.8) is 0 Å². The van der Waals surface area contributed by atoms with Gasteiger partial charge in [0.1, 0.15) is 0 Å². The monoisotopic (exact) mass is 432 g/mol. The standard InChI is InChI=1S/C25H27F3O3/c1-3-5-6-7-15-8-10-19(30-14-15)18-13-17-12-16-9-11-20(29-4-2)22(27)24(16)31-25(17)23(28)21(18)26/h8-9,11,13,19H,3-7,10,12,14H2,1-2H3. The van der Waals surface area contributed by atoms with E-state index in [-0.39, 0.29) is 35.8 Å². The summed E-state index contributed by atoms with van der Waals surface area (Å²) in [7, 11) is 0. The summed E-state index contributed by atoms with van der Waals surface area (Å²) >= 11 is 0. The molecule has 0 saturated carbocycles. The second-order valence-corrected chi connectivity index (χ2v) is 8.01. The topological polar surface area (TPSA) is 27.7 Å². The van der Waals surface area contributed by atoms with Crippen molar-refractivity contribution in [1.82, 2.24) is 0 Å². The molecule has 1 atom stereocenters. The molecule has 0 aliphatic carbocycles. The van der Waals surface area contributed by atoms with Gasteiger partial charge in [-0.05, 0) is 43.9 Å². The molecule has 0 aromatic heterocycles. The highest BCUT2D eigenvalue weighted by atomic mass is 19.2. The third-order valence-corrected chi connectivity index (χ3v) is 5.83. The summed E-state index contributed by atoms with van der Waals surface area (Å²) in [4.78, 5) is 0. The van der Waals surface area contributed by atoms with Gasteiger partial charge in [-0.15, -0.1) is 0 Å². The predicted molar refractivity (Wildman–Crippen MR) is 112 cm³/mol. The van der Waals surface area contributed by atoms with Crippen molar-refractivity contribution >= 4 is 0 Å². The van der Waals surface area contributed by atoms with E-state index in [2.05, 4.69) is 13.0 Å². The number of hydrogen-bond acceptors (Lipinski definition) is 3. The Labute approximate surface area is 180 Å². The van der Waals surface area contributed by atoms with Crippen molar-refractivity contribution in [2.24, 2.45) is 0 Å². The molecule has 0 radical (unpaired) electrons. The smallest absolute Gasteiger partial charge is 0.207 e. The van der Waals surface area contributed by atoms with Crippen LogP contribution in [0.1, 0.15) is 68.7 Å². The van der Waals surface area contributed by atoms with Crippen molar-refractivity contribution < 1.29 is 27.4 Å². The van der Waals surface area contributed by atoms with Gasteiger partial charge in [0.05, 0.1) is 19.3 Å². The lowest BCUT2D eigenvalue weighted by atomic mass is 9.93. The maximum atomic E-state index is 14.9. The van der Waals surface area contributed by atoms with Crippen LogP contribution in [-0.4, -0.2) is 13.2 Å². The fraction of sp³-hybridized carbons (Fsp3) is 0.440. The SMILES string of the molecule is CCCCCC1=CCC(c2cc3c(c(F)c2F)Oc2c(ccc(OCC)c2F)C3)OC1. The normalized spacial score (nSPS) is 17.5. The summed E-state index contributed by atoms with van der Waals surface area (Å²) in [6.07, 6.45) is 6.67. The van der Waals surface area contributed by atoms with Crippen LogP contribution in [0.15, 0.2) is 29.8 Å². The van der Waals surface area contributed by atoms with E-state index in [4.69, 9.17) is 14.2 Å².